The molecule has 0 saturated heterocycles. The Morgan fingerprint density at radius 1 is 0.619 bits per heavy atom. The summed E-state index contributed by atoms with van der Waals surface area (Å²) >= 11 is 0. The minimum Gasteiger partial charge on any atom is -0.244 e. The molecule has 2 heterocycles. The maximum atomic E-state index is 4.70. The van der Waals surface area contributed by atoms with E-state index in [9.17, 15) is 0 Å². The molecule has 0 aliphatic carbocycles. The summed E-state index contributed by atoms with van der Waals surface area (Å²) < 4.78 is 0. The van der Waals surface area contributed by atoms with Crippen LogP contribution in [-0.2, 0) is 0 Å². The minimum atomic E-state index is 0.621. The molecule has 0 amide bonds. The van der Waals surface area contributed by atoms with Crippen molar-refractivity contribution in [3.63, 3.8) is 0 Å². The van der Waals surface area contributed by atoms with Crippen LogP contribution in [-0.4, -0.2) is 19.9 Å². The van der Waals surface area contributed by atoms with Crippen molar-refractivity contribution in [2.75, 3.05) is 0 Å². The van der Waals surface area contributed by atoms with Gasteiger partial charge < -0.3 is 0 Å². The van der Waals surface area contributed by atoms with Gasteiger partial charge in [-0.25, -0.2) is 19.9 Å². The van der Waals surface area contributed by atoms with E-state index in [4.69, 9.17) is 4.98 Å². The summed E-state index contributed by atoms with van der Waals surface area (Å²) in [6, 6.07) is 14.1. The first-order valence-electron chi connectivity index (χ1n) is 6.86. The fraction of sp³-hybridized carbons (Fsp3) is 0.176. The van der Waals surface area contributed by atoms with E-state index in [1.54, 1.807) is 0 Å². The molecular formula is C17H16N4. The van der Waals surface area contributed by atoms with Gasteiger partial charge in [-0.3, -0.25) is 0 Å². The topological polar surface area (TPSA) is 51.6 Å². The molecule has 0 atom stereocenters. The maximum Gasteiger partial charge on any atom is 0.181 e. The van der Waals surface area contributed by atoms with Crippen molar-refractivity contribution < 1.29 is 0 Å². The Hall–Kier alpha value is -2.62. The SMILES string of the molecule is Cc1nc(C)nc(-c2cccc(-c3ccccc3C)n2)n1. The van der Waals surface area contributed by atoms with Gasteiger partial charge in [0.2, 0.25) is 0 Å². The summed E-state index contributed by atoms with van der Waals surface area (Å²) in [5.41, 5.74) is 4.03. The Balaban J connectivity index is 2.10. The zero-order valence-electron chi connectivity index (χ0n) is 12.3. The molecule has 0 spiro atoms. The third-order valence-corrected chi connectivity index (χ3v) is 3.26. The Morgan fingerprint density at radius 3 is 2.00 bits per heavy atom. The molecule has 4 nitrogen and oxygen atoms in total. The number of aromatic nitrogens is 4. The highest BCUT2D eigenvalue weighted by atomic mass is 15.0. The van der Waals surface area contributed by atoms with E-state index in [-0.39, 0.29) is 0 Å². The molecule has 3 aromatic rings. The van der Waals surface area contributed by atoms with Crippen molar-refractivity contribution >= 4 is 0 Å². The van der Waals surface area contributed by atoms with Crippen LogP contribution in [0.25, 0.3) is 22.8 Å². The van der Waals surface area contributed by atoms with Gasteiger partial charge in [0.05, 0.1) is 5.69 Å². The van der Waals surface area contributed by atoms with Gasteiger partial charge >= 0.3 is 0 Å². The summed E-state index contributed by atoms with van der Waals surface area (Å²) in [4.78, 5) is 17.7. The second-order valence-corrected chi connectivity index (χ2v) is 4.98. The van der Waals surface area contributed by atoms with Crippen molar-refractivity contribution in [3.05, 3.63) is 59.7 Å². The molecule has 0 saturated carbocycles. The second-order valence-electron chi connectivity index (χ2n) is 4.98. The molecule has 21 heavy (non-hydrogen) atoms. The molecule has 104 valence electrons. The first kappa shape index (κ1) is 13.4. The summed E-state index contributed by atoms with van der Waals surface area (Å²) in [7, 11) is 0. The lowest BCUT2D eigenvalue weighted by atomic mass is 10.1. The highest BCUT2D eigenvalue weighted by Crippen LogP contribution is 2.23. The lowest BCUT2D eigenvalue weighted by Crippen LogP contribution is -2.00. The number of rotatable bonds is 2. The van der Waals surface area contributed by atoms with Crippen molar-refractivity contribution in [2.24, 2.45) is 0 Å². The molecular weight excluding hydrogens is 260 g/mol. The van der Waals surface area contributed by atoms with E-state index in [2.05, 4.69) is 34.0 Å². The van der Waals surface area contributed by atoms with E-state index < -0.39 is 0 Å². The molecule has 0 aliphatic heterocycles. The summed E-state index contributed by atoms with van der Waals surface area (Å²) in [6.45, 7) is 5.81. The van der Waals surface area contributed by atoms with Crippen LogP contribution < -0.4 is 0 Å². The van der Waals surface area contributed by atoms with Crippen LogP contribution in [0.5, 0.6) is 0 Å². The summed E-state index contributed by atoms with van der Waals surface area (Å²) in [5.74, 6) is 2.04. The Bertz CT molecular complexity index is 776. The number of hydrogen-bond acceptors (Lipinski definition) is 4. The van der Waals surface area contributed by atoms with Gasteiger partial charge in [-0.05, 0) is 38.5 Å². The Kier molecular flexibility index (Phi) is 3.44. The zero-order valence-corrected chi connectivity index (χ0v) is 12.3. The predicted molar refractivity (Wildman–Crippen MR) is 82.7 cm³/mol. The highest BCUT2D eigenvalue weighted by Gasteiger charge is 2.08. The van der Waals surface area contributed by atoms with Gasteiger partial charge in [-0.1, -0.05) is 30.3 Å². The monoisotopic (exact) mass is 276 g/mol. The normalized spacial score (nSPS) is 10.6. The fourth-order valence-electron chi connectivity index (χ4n) is 2.30. The largest absolute Gasteiger partial charge is 0.244 e. The van der Waals surface area contributed by atoms with Crippen LogP contribution in [0.4, 0.5) is 0 Å². The fourth-order valence-corrected chi connectivity index (χ4v) is 2.30. The minimum absolute atomic E-state index is 0.621. The smallest absolute Gasteiger partial charge is 0.181 e. The van der Waals surface area contributed by atoms with E-state index in [1.165, 1.54) is 5.56 Å². The van der Waals surface area contributed by atoms with Crippen LogP contribution in [0.15, 0.2) is 42.5 Å². The van der Waals surface area contributed by atoms with Gasteiger partial charge in [-0.15, -0.1) is 0 Å². The van der Waals surface area contributed by atoms with Crippen LogP contribution in [0.1, 0.15) is 17.2 Å². The molecule has 1 aromatic carbocycles. The standard InChI is InChI=1S/C17H16N4/c1-11-7-4-5-8-14(11)15-9-6-10-16(21-15)17-19-12(2)18-13(3)20-17/h4-10H,1-3H3. The van der Waals surface area contributed by atoms with E-state index in [1.807, 2.05) is 44.2 Å². The van der Waals surface area contributed by atoms with E-state index in [0.29, 0.717) is 17.5 Å². The second kappa shape index (κ2) is 5.40. The van der Waals surface area contributed by atoms with Gasteiger partial charge in [0.1, 0.15) is 17.3 Å². The Morgan fingerprint density at radius 2 is 1.29 bits per heavy atom. The number of nitrogens with zero attached hydrogens (tertiary/aromatic N) is 4. The molecule has 0 N–H and O–H groups in total. The molecule has 0 unspecified atom stereocenters. The third kappa shape index (κ3) is 2.79. The molecule has 0 fully saturated rings. The number of hydrogen-bond donors (Lipinski definition) is 0. The first-order chi connectivity index (χ1) is 10.1. The number of benzene rings is 1. The van der Waals surface area contributed by atoms with Gasteiger partial charge in [0, 0.05) is 5.56 Å². The molecule has 3 rings (SSSR count). The third-order valence-electron chi connectivity index (χ3n) is 3.26. The van der Waals surface area contributed by atoms with Gasteiger partial charge in [0.25, 0.3) is 0 Å². The van der Waals surface area contributed by atoms with Crippen molar-refractivity contribution in [3.8, 4) is 22.8 Å². The average Bonchev–Trinajstić information content (AvgIpc) is 2.47. The predicted octanol–water partition coefficient (Wildman–Crippen LogP) is 3.53. The molecule has 0 aliphatic rings. The average molecular weight is 276 g/mol. The van der Waals surface area contributed by atoms with Gasteiger partial charge in [-0.2, -0.15) is 0 Å². The summed E-state index contributed by atoms with van der Waals surface area (Å²) in [5, 5.41) is 0. The van der Waals surface area contributed by atoms with Crippen LogP contribution in [0.2, 0.25) is 0 Å². The van der Waals surface area contributed by atoms with Crippen LogP contribution in [0, 0.1) is 20.8 Å². The van der Waals surface area contributed by atoms with Gasteiger partial charge in [0.15, 0.2) is 5.82 Å². The van der Waals surface area contributed by atoms with Crippen molar-refractivity contribution in [1.29, 1.82) is 0 Å². The van der Waals surface area contributed by atoms with E-state index in [0.717, 1.165) is 17.0 Å². The zero-order chi connectivity index (χ0) is 14.8. The number of pyridine rings is 1. The lowest BCUT2D eigenvalue weighted by Gasteiger charge is -2.07. The van der Waals surface area contributed by atoms with Crippen LogP contribution in [0.3, 0.4) is 0 Å². The van der Waals surface area contributed by atoms with Crippen molar-refractivity contribution in [1.82, 2.24) is 19.9 Å². The quantitative estimate of drug-likeness (QED) is 0.718. The first-order valence-corrected chi connectivity index (χ1v) is 6.86. The summed E-state index contributed by atoms with van der Waals surface area (Å²) in [6.07, 6.45) is 0. The molecule has 0 bridgehead atoms. The van der Waals surface area contributed by atoms with Crippen LogP contribution >= 0.6 is 0 Å². The lowest BCUT2D eigenvalue weighted by molar-refractivity contribution is 0.923. The molecule has 4 heteroatoms. The Labute approximate surface area is 124 Å². The van der Waals surface area contributed by atoms with E-state index >= 15 is 0 Å². The van der Waals surface area contributed by atoms with Crippen molar-refractivity contribution in [2.45, 2.75) is 20.8 Å². The molecule has 2 aromatic heterocycles. The maximum absolute atomic E-state index is 4.70. The highest BCUT2D eigenvalue weighted by molar-refractivity contribution is 5.66. The number of aryl methyl sites for hydroxylation is 3. The molecule has 0 radical (unpaired) electrons.